The molecule has 3 rings (SSSR count). The molecule has 224 valence electrons. The van der Waals surface area contributed by atoms with E-state index >= 15 is 0 Å². The molecule has 3 heterocycles. The molecule has 0 bridgehead atoms. The molecule has 2 saturated heterocycles. The summed E-state index contributed by atoms with van der Waals surface area (Å²) in [6.07, 6.45) is 5.70. The molecule has 1 aromatic rings. The largest absolute Gasteiger partial charge is 0.385 e. The number of nitrogens with one attached hydrogen (secondary N) is 2. The standard InChI is InChI=1S/C29H54ClN7O2/c1-26(2)17-21(18-27(3,4)34-26)36(13-11-15-38-9)24-31-23(30)32-25(33-24)37(14-12-16-39-10)22-19-28(5,6)35-29(7,8)20-22/h21-22,34-35H,11-20H2,1-10H3. The Balaban J connectivity index is 2.02. The first kappa shape index (κ1) is 32.3. The van der Waals surface area contributed by atoms with Crippen LogP contribution in [0.3, 0.4) is 0 Å². The second-order valence-corrected chi connectivity index (χ2v) is 14.5. The lowest BCUT2D eigenvalue weighted by atomic mass is 9.79. The van der Waals surface area contributed by atoms with Gasteiger partial charge in [-0.25, -0.2) is 0 Å². The molecule has 0 radical (unpaired) electrons. The number of methoxy groups -OCH3 is 2. The van der Waals surface area contributed by atoms with Gasteiger partial charge in [0.15, 0.2) is 0 Å². The predicted octanol–water partition coefficient (Wildman–Crippen LogP) is 4.83. The average molecular weight is 568 g/mol. The van der Waals surface area contributed by atoms with Gasteiger partial charge in [0.2, 0.25) is 17.2 Å². The number of rotatable bonds is 12. The number of anilines is 2. The van der Waals surface area contributed by atoms with Crippen LogP contribution in [0.15, 0.2) is 0 Å². The van der Waals surface area contributed by atoms with Crippen LogP contribution in [0.25, 0.3) is 0 Å². The monoisotopic (exact) mass is 567 g/mol. The highest BCUT2D eigenvalue weighted by atomic mass is 35.5. The van der Waals surface area contributed by atoms with Gasteiger partial charge < -0.3 is 29.9 Å². The van der Waals surface area contributed by atoms with Crippen molar-refractivity contribution >= 4 is 23.5 Å². The third kappa shape index (κ3) is 9.38. The number of piperidine rings is 2. The lowest BCUT2D eigenvalue weighted by molar-refractivity contribution is 0.154. The van der Waals surface area contributed by atoms with Gasteiger partial charge in [-0.1, -0.05) is 0 Å². The van der Waals surface area contributed by atoms with Crippen molar-refractivity contribution in [2.24, 2.45) is 0 Å². The molecule has 0 saturated carbocycles. The van der Waals surface area contributed by atoms with Crippen LogP contribution in [0.4, 0.5) is 11.9 Å². The highest BCUT2D eigenvalue weighted by molar-refractivity contribution is 6.28. The topological polar surface area (TPSA) is 87.7 Å². The first-order chi connectivity index (χ1) is 18.1. The summed E-state index contributed by atoms with van der Waals surface area (Å²) in [5.74, 6) is 1.31. The van der Waals surface area contributed by atoms with Crippen LogP contribution < -0.4 is 20.4 Å². The minimum Gasteiger partial charge on any atom is -0.385 e. The second kappa shape index (κ2) is 12.7. The van der Waals surface area contributed by atoms with Crippen LogP contribution in [0, 0.1) is 0 Å². The van der Waals surface area contributed by atoms with Gasteiger partial charge in [-0.05, 0) is 106 Å². The van der Waals surface area contributed by atoms with E-state index in [9.17, 15) is 0 Å². The van der Waals surface area contributed by atoms with Crippen molar-refractivity contribution < 1.29 is 9.47 Å². The maximum atomic E-state index is 6.67. The molecule has 39 heavy (non-hydrogen) atoms. The summed E-state index contributed by atoms with van der Waals surface area (Å²) in [4.78, 5) is 19.3. The molecule has 2 aliphatic rings. The number of halogens is 1. The van der Waals surface area contributed by atoms with Gasteiger partial charge in [0.25, 0.3) is 0 Å². The van der Waals surface area contributed by atoms with E-state index in [-0.39, 0.29) is 39.5 Å². The molecule has 0 aliphatic carbocycles. The number of aromatic nitrogens is 3. The predicted molar refractivity (Wildman–Crippen MR) is 161 cm³/mol. The SMILES string of the molecule is COCCCN(c1nc(Cl)nc(N(CCCOC)C2CC(C)(C)NC(C)(C)C2)n1)C1CC(C)(C)NC(C)(C)C1. The summed E-state index contributed by atoms with van der Waals surface area (Å²) < 4.78 is 10.8. The number of nitrogens with zero attached hydrogens (tertiary/aromatic N) is 5. The Labute approximate surface area is 242 Å². The summed E-state index contributed by atoms with van der Waals surface area (Å²) in [6.45, 7) is 21.2. The maximum absolute atomic E-state index is 6.67. The molecule has 2 N–H and O–H groups in total. The lowest BCUT2D eigenvalue weighted by Crippen LogP contribution is -2.63. The fourth-order valence-electron chi connectivity index (χ4n) is 7.21. The Kier molecular flexibility index (Phi) is 10.5. The summed E-state index contributed by atoms with van der Waals surface area (Å²) in [5, 5.41) is 7.85. The van der Waals surface area contributed by atoms with E-state index in [1.165, 1.54) is 0 Å². The summed E-state index contributed by atoms with van der Waals surface area (Å²) in [5.41, 5.74) is -0.0396. The highest BCUT2D eigenvalue weighted by Gasteiger charge is 2.42. The number of ether oxygens (including phenoxy) is 2. The van der Waals surface area contributed by atoms with Crippen LogP contribution >= 0.6 is 11.6 Å². The zero-order valence-electron chi connectivity index (χ0n) is 26.2. The lowest BCUT2D eigenvalue weighted by Gasteiger charge is -2.50. The van der Waals surface area contributed by atoms with Crippen molar-refractivity contribution in [2.75, 3.05) is 50.3 Å². The van der Waals surface area contributed by atoms with Crippen molar-refractivity contribution in [1.29, 1.82) is 0 Å². The Hall–Kier alpha value is -1.26. The van der Waals surface area contributed by atoms with E-state index in [1.807, 2.05) is 0 Å². The summed E-state index contributed by atoms with van der Waals surface area (Å²) in [7, 11) is 3.50. The third-order valence-electron chi connectivity index (χ3n) is 7.81. The number of hydrogen-bond donors (Lipinski definition) is 2. The Morgan fingerprint density at radius 1 is 0.667 bits per heavy atom. The normalized spacial score (nSPS) is 22.5. The van der Waals surface area contributed by atoms with Crippen molar-refractivity contribution in [1.82, 2.24) is 25.6 Å². The van der Waals surface area contributed by atoms with Gasteiger partial charge in [0.1, 0.15) is 0 Å². The minimum atomic E-state index is -0.00989. The van der Waals surface area contributed by atoms with E-state index in [2.05, 4.69) is 75.8 Å². The zero-order valence-corrected chi connectivity index (χ0v) is 26.9. The van der Waals surface area contributed by atoms with Gasteiger partial charge >= 0.3 is 0 Å². The van der Waals surface area contributed by atoms with Crippen molar-refractivity contribution in [3.05, 3.63) is 5.28 Å². The molecular formula is C29H54ClN7O2. The van der Waals surface area contributed by atoms with Crippen LogP contribution in [-0.4, -0.2) is 89.7 Å². The summed E-state index contributed by atoms with van der Waals surface area (Å²) in [6, 6.07) is 0.524. The molecule has 0 aromatic carbocycles. The molecule has 1 aromatic heterocycles. The van der Waals surface area contributed by atoms with Crippen molar-refractivity contribution in [3.8, 4) is 0 Å². The average Bonchev–Trinajstić information content (AvgIpc) is 2.75. The van der Waals surface area contributed by atoms with E-state index in [0.717, 1.165) is 51.6 Å². The third-order valence-corrected chi connectivity index (χ3v) is 7.98. The molecule has 0 spiro atoms. The molecule has 0 amide bonds. The zero-order chi connectivity index (χ0) is 29.1. The Bertz CT molecular complexity index is 838. The first-order valence-corrected chi connectivity index (χ1v) is 14.9. The molecule has 0 unspecified atom stereocenters. The fraction of sp³-hybridized carbons (Fsp3) is 0.897. The van der Waals surface area contributed by atoms with Gasteiger partial charge in [0, 0.05) is 74.8 Å². The Morgan fingerprint density at radius 2 is 1.00 bits per heavy atom. The quantitative estimate of drug-likeness (QED) is 0.345. The Morgan fingerprint density at radius 3 is 1.31 bits per heavy atom. The summed E-state index contributed by atoms with van der Waals surface area (Å²) >= 11 is 6.67. The molecule has 2 fully saturated rings. The van der Waals surface area contributed by atoms with E-state index in [4.69, 9.17) is 36.0 Å². The van der Waals surface area contributed by atoms with Crippen LogP contribution in [-0.2, 0) is 9.47 Å². The molecular weight excluding hydrogens is 514 g/mol. The fourth-order valence-corrected chi connectivity index (χ4v) is 7.37. The second-order valence-electron chi connectivity index (χ2n) is 14.2. The van der Waals surface area contributed by atoms with Crippen LogP contribution in [0.1, 0.15) is 93.9 Å². The first-order valence-electron chi connectivity index (χ1n) is 14.6. The van der Waals surface area contributed by atoms with E-state index in [0.29, 0.717) is 25.1 Å². The van der Waals surface area contributed by atoms with Gasteiger partial charge in [-0.3, -0.25) is 0 Å². The minimum absolute atomic E-state index is 0.00989. The van der Waals surface area contributed by atoms with Crippen molar-refractivity contribution in [2.45, 2.75) is 128 Å². The van der Waals surface area contributed by atoms with Gasteiger partial charge in [-0.2, -0.15) is 15.0 Å². The van der Waals surface area contributed by atoms with E-state index in [1.54, 1.807) is 14.2 Å². The maximum Gasteiger partial charge on any atom is 0.231 e. The van der Waals surface area contributed by atoms with E-state index < -0.39 is 0 Å². The highest BCUT2D eigenvalue weighted by Crippen LogP contribution is 2.36. The molecule has 9 nitrogen and oxygen atoms in total. The van der Waals surface area contributed by atoms with Crippen molar-refractivity contribution in [3.63, 3.8) is 0 Å². The molecule has 0 atom stereocenters. The number of hydrogen-bond acceptors (Lipinski definition) is 9. The van der Waals surface area contributed by atoms with Crippen LogP contribution in [0.5, 0.6) is 0 Å². The van der Waals surface area contributed by atoms with Gasteiger partial charge in [0.05, 0.1) is 0 Å². The van der Waals surface area contributed by atoms with Crippen LogP contribution in [0.2, 0.25) is 5.28 Å². The molecule has 2 aliphatic heterocycles. The molecule has 10 heteroatoms. The van der Waals surface area contributed by atoms with Gasteiger partial charge in [-0.15, -0.1) is 0 Å². The smallest absolute Gasteiger partial charge is 0.231 e.